The first-order valence-electron chi connectivity index (χ1n) is 2.23. The fraction of sp³-hybridized carbons (Fsp3) is 1.00. The maximum atomic E-state index is 8.96. The van der Waals surface area contributed by atoms with Gasteiger partial charge in [0.2, 0.25) is 0 Å². The normalized spacial score (nSPS) is 29.6. The Morgan fingerprint density at radius 2 is 2.14 bits per heavy atom. The molecule has 3 heteroatoms. The van der Waals surface area contributed by atoms with Crippen molar-refractivity contribution in [3.63, 3.8) is 0 Å². The molecule has 0 amide bonds. The molecule has 0 bridgehead atoms. The summed E-state index contributed by atoms with van der Waals surface area (Å²) >= 11 is 5.41. The van der Waals surface area contributed by atoms with Gasteiger partial charge in [-0.3, -0.25) is 0 Å². The van der Waals surface area contributed by atoms with Crippen LogP contribution in [-0.4, -0.2) is 28.2 Å². The minimum Gasteiger partial charge on any atom is -0.387 e. The van der Waals surface area contributed by atoms with Crippen LogP contribution in [0.3, 0.4) is 0 Å². The highest BCUT2D eigenvalue weighted by Crippen LogP contribution is 2.20. The van der Waals surface area contributed by atoms with E-state index in [1.165, 1.54) is 0 Å². The molecule has 1 aliphatic heterocycles. The maximum Gasteiger partial charge on any atom is 0.0898 e. The van der Waals surface area contributed by atoms with Crippen molar-refractivity contribution in [1.82, 2.24) is 4.42 Å². The molecule has 42 valence electrons. The molecule has 0 saturated carbocycles. The van der Waals surface area contributed by atoms with Gasteiger partial charge in [0.15, 0.2) is 0 Å². The van der Waals surface area contributed by atoms with E-state index in [0.717, 1.165) is 0 Å². The number of β-amino-alcohol motifs (C(OH)–C–C–N with tert-alkyl or cyclic N) is 1. The smallest absolute Gasteiger partial charge is 0.0898 e. The van der Waals surface area contributed by atoms with E-state index in [2.05, 4.69) is 0 Å². The molecule has 0 atom stereocenters. The molecule has 1 N–H and O–H groups in total. The van der Waals surface area contributed by atoms with E-state index in [1.54, 1.807) is 11.3 Å². The van der Waals surface area contributed by atoms with Gasteiger partial charge in [0, 0.05) is 13.1 Å². The van der Waals surface area contributed by atoms with Crippen LogP contribution in [0.2, 0.25) is 0 Å². The predicted molar refractivity (Wildman–Crippen MR) is 28.0 cm³/mol. The molecule has 0 aromatic heterocycles. The number of halogens is 1. The molecule has 0 spiro atoms. The van der Waals surface area contributed by atoms with Crippen molar-refractivity contribution in [3.05, 3.63) is 0 Å². The maximum absolute atomic E-state index is 8.96. The average molecular weight is 122 g/mol. The van der Waals surface area contributed by atoms with Crippen molar-refractivity contribution < 1.29 is 5.11 Å². The lowest BCUT2D eigenvalue weighted by molar-refractivity contribution is -0.0419. The fourth-order valence-corrected chi connectivity index (χ4v) is 1.21. The Morgan fingerprint density at radius 1 is 1.71 bits per heavy atom. The highest BCUT2D eigenvalue weighted by molar-refractivity contribution is 6.13. The van der Waals surface area contributed by atoms with Gasteiger partial charge in [-0.15, -0.1) is 0 Å². The van der Waals surface area contributed by atoms with Gasteiger partial charge >= 0.3 is 0 Å². The monoisotopic (exact) mass is 121 g/mol. The summed E-state index contributed by atoms with van der Waals surface area (Å²) in [6.45, 7) is 2.95. The number of nitrogens with zero attached hydrogens (tertiary/aromatic N) is 1. The first-order valence-corrected chi connectivity index (χ1v) is 2.57. The molecule has 1 aliphatic rings. The summed E-state index contributed by atoms with van der Waals surface area (Å²) in [5.74, 6) is 0. The van der Waals surface area contributed by atoms with Crippen LogP contribution >= 0.6 is 11.8 Å². The molecule has 0 aliphatic carbocycles. The van der Waals surface area contributed by atoms with Crippen LogP contribution in [0.25, 0.3) is 0 Å². The first kappa shape index (κ1) is 5.35. The van der Waals surface area contributed by atoms with E-state index in [-0.39, 0.29) is 0 Å². The van der Waals surface area contributed by atoms with Gasteiger partial charge in [-0.25, -0.2) is 4.42 Å². The first-order chi connectivity index (χ1) is 3.10. The number of hydrogen-bond donors (Lipinski definition) is 1. The second-order valence-electron chi connectivity index (χ2n) is 2.28. The molecular formula is C4H8ClNO. The largest absolute Gasteiger partial charge is 0.387 e. The average Bonchev–Trinajstić information content (AvgIpc) is 1.27. The van der Waals surface area contributed by atoms with E-state index in [1.807, 2.05) is 0 Å². The van der Waals surface area contributed by atoms with Crippen LogP contribution in [0.4, 0.5) is 0 Å². The van der Waals surface area contributed by atoms with E-state index in [0.29, 0.717) is 13.1 Å². The Hall–Kier alpha value is 0.210. The molecule has 1 heterocycles. The Balaban J connectivity index is 2.29. The molecule has 2 nitrogen and oxygen atoms in total. The summed E-state index contributed by atoms with van der Waals surface area (Å²) < 4.78 is 1.56. The summed E-state index contributed by atoms with van der Waals surface area (Å²) in [4.78, 5) is 0. The summed E-state index contributed by atoms with van der Waals surface area (Å²) in [5.41, 5.74) is -0.512. The fourth-order valence-electron chi connectivity index (χ4n) is 0.693. The Labute approximate surface area is 47.8 Å². The second-order valence-corrected chi connectivity index (χ2v) is 2.75. The number of hydrogen-bond acceptors (Lipinski definition) is 2. The van der Waals surface area contributed by atoms with Crippen LogP contribution in [0, 0.1) is 0 Å². The zero-order chi connectivity index (χ0) is 5.49. The van der Waals surface area contributed by atoms with Crippen LogP contribution in [0.1, 0.15) is 6.92 Å². The van der Waals surface area contributed by atoms with Gasteiger partial charge in [0.05, 0.1) is 5.60 Å². The molecule has 1 fully saturated rings. The van der Waals surface area contributed by atoms with Crippen LogP contribution in [0.5, 0.6) is 0 Å². The topological polar surface area (TPSA) is 23.5 Å². The third-order valence-corrected chi connectivity index (χ3v) is 1.26. The molecule has 0 unspecified atom stereocenters. The van der Waals surface area contributed by atoms with Gasteiger partial charge in [-0.2, -0.15) is 0 Å². The Bertz CT molecular complexity index is 75.8. The van der Waals surface area contributed by atoms with Crippen LogP contribution < -0.4 is 0 Å². The summed E-state index contributed by atoms with van der Waals surface area (Å²) in [6.07, 6.45) is 0. The van der Waals surface area contributed by atoms with Gasteiger partial charge in [0.25, 0.3) is 0 Å². The van der Waals surface area contributed by atoms with E-state index in [9.17, 15) is 0 Å². The summed E-state index contributed by atoms with van der Waals surface area (Å²) in [7, 11) is 0. The van der Waals surface area contributed by atoms with Gasteiger partial charge in [-0.05, 0) is 18.7 Å². The van der Waals surface area contributed by atoms with E-state index in [4.69, 9.17) is 16.9 Å². The standard InChI is InChI=1S/C4H8ClNO/c1-4(7)2-6(5)3-4/h7H,2-3H2,1H3. The summed E-state index contributed by atoms with van der Waals surface area (Å²) in [5, 5.41) is 8.96. The van der Waals surface area contributed by atoms with Gasteiger partial charge in [0.1, 0.15) is 0 Å². The quantitative estimate of drug-likeness (QED) is 0.463. The van der Waals surface area contributed by atoms with Crippen molar-refractivity contribution in [3.8, 4) is 0 Å². The van der Waals surface area contributed by atoms with Gasteiger partial charge in [-0.1, -0.05) is 0 Å². The molecule has 1 rings (SSSR count). The highest BCUT2D eigenvalue weighted by Gasteiger charge is 2.35. The SMILES string of the molecule is CC1(O)CN(Cl)C1. The minimum absolute atomic E-state index is 0.512. The molecule has 0 aromatic rings. The van der Waals surface area contributed by atoms with Crippen molar-refractivity contribution in [2.75, 3.05) is 13.1 Å². The van der Waals surface area contributed by atoms with Crippen molar-refractivity contribution in [2.45, 2.75) is 12.5 Å². The predicted octanol–water partition coefficient (Wildman–Crippen LogP) is 0.207. The molecule has 7 heavy (non-hydrogen) atoms. The zero-order valence-corrected chi connectivity index (χ0v) is 4.94. The second kappa shape index (κ2) is 1.34. The lowest BCUT2D eigenvalue weighted by Gasteiger charge is -2.39. The van der Waals surface area contributed by atoms with Crippen molar-refractivity contribution in [2.24, 2.45) is 0 Å². The number of rotatable bonds is 0. The Kier molecular flexibility index (Phi) is 1.02. The highest BCUT2D eigenvalue weighted by atomic mass is 35.5. The third kappa shape index (κ3) is 1.06. The zero-order valence-electron chi connectivity index (χ0n) is 4.19. The van der Waals surface area contributed by atoms with E-state index >= 15 is 0 Å². The van der Waals surface area contributed by atoms with E-state index < -0.39 is 5.60 Å². The lowest BCUT2D eigenvalue weighted by Crippen LogP contribution is -2.55. The molecule has 0 radical (unpaired) electrons. The number of aliphatic hydroxyl groups is 1. The van der Waals surface area contributed by atoms with Crippen LogP contribution in [0.15, 0.2) is 0 Å². The molecule has 0 aromatic carbocycles. The minimum atomic E-state index is -0.512. The Morgan fingerprint density at radius 3 is 2.14 bits per heavy atom. The summed E-state index contributed by atoms with van der Waals surface area (Å²) in [6, 6.07) is 0. The van der Waals surface area contributed by atoms with Crippen LogP contribution in [-0.2, 0) is 0 Å². The lowest BCUT2D eigenvalue weighted by atomic mass is 10.0. The molecule has 1 saturated heterocycles. The van der Waals surface area contributed by atoms with Crippen molar-refractivity contribution >= 4 is 11.8 Å². The van der Waals surface area contributed by atoms with Gasteiger partial charge < -0.3 is 5.11 Å². The van der Waals surface area contributed by atoms with Crippen molar-refractivity contribution in [1.29, 1.82) is 0 Å². The third-order valence-electron chi connectivity index (χ3n) is 1.02. The molecular weight excluding hydrogens is 114 g/mol.